The van der Waals surface area contributed by atoms with Gasteiger partial charge in [0.2, 0.25) is 0 Å². The summed E-state index contributed by atoms with van der Waals surface area (Å²) in [5.41, 5.74) is 6.11. The summed E-state index contributed by atoms with van der Waals surface area (Å²) in [6.07, 6.45) is 7.44. The zero-order valence-electron chi connectivity index (χ0n) is 13.3. The number of nitrogens with one attached hydrogen (secondary N) is 1. The van der Waals surface area contributed by atoms with E-state index in [1.54, 1.807) is 0 Å². The lowest BCUT2D eigenvalue weighted by Gasteiger charge is -2.30. The first-order valence-corrected chi connectivity index (χ1v) is 8.44. The normalized spacial score (nSPS) is 17.5. The fourth-order valence-electron chi connectivity index (χ4n) is 2.96. The van der Waals surface area contributed by atoms with E-state index in [0.29, 0.717) is 18.3 Å². The van der Waals surface area contributed by atoms with Gasteiger partial charge in [-0.25, -0.2) is 9.97 Å². The Hall–Kier alpha value is -1.20. The molecule has 0 radical (unpaired) electrons. The molecule has 1 aromatic heterocycles. The average molecular weight is 325 g/mol. The van der Waals surface area contributed by atoms with E-state index in [0.717, 1.165) is 12.8 Å². The highest BCUT2D eigenvalue weighted by molar-refractivity contribution is 6.33. The van der Waals surface area contributed by atoms with Gasteiger partial charge in [0.25, 0.3) is 5.91 Å². The van der Waals surface area contributed by atoms with Crippen molar-refractivity contribution in [1.29, 1.82) is 0 Å². The van der Waals surface area contributed by atoms with Gasteiger partial charge in [-0.2, -0.15) is 0 Å². The van der Waals surface area contributed by atoms with E-state index >= 15 is 0 Å². The number of halogens is 1. The molecule has 1 aromatic rings. The van der Waals surface area contributed by atoms with Crippen LogP contribution in [0.25, 0.3) is 0 Å². The Kier molecular flexibility index (Phi) is 6.15. The van der Waals surface area contributed by atoms with Gasteiger partial charge in [0.05, 0.1) is 11.2 Å². The van der Waals surface area contributed by atoms with Crippen molar-refractivity contribution in [2.24, 2.45) is 11.7 Å². The second-order valence-corrected chi connectivity index (χ2v) is 6.70. The second kappa shape index (κ2) is 7.88. The molecule has 5 nitrogen and oxygen atoms in total. The summed E-state index contributed by atoms with van der Waals surface area (Å²) < 4.78 is 0. The maximum atomic E-state index is 12.5. The molecule has 3 N–H and O–H groups in total. The third kappa shape index (κ3) is 4.17. The van der Waals surface area contributed by atoms with Crippen molar-refractivity contribution in [1.82, 2.24) is 15.3 Å². The lowest BCUT2D eigenvalue weighted by molar-refractivity contribution is 0.0910. The Morgan fingerprint density at radius 2 is 2.09 bits per heavy atom. The Morgan fingerprint density at radius 1 is 1.41 bits per heavy atom. The SMILES string of the molecule is CC(C)c1ncc(Cl)c(C(=O)NC(CN)C2CCCCC2)n1. The molecule has 0 aliphatic heterocycles. The van der Waals surface area contributed by atoms with Crippen molar-refractivity contribution in [3.05, 3.63) is 22.7 Å². The van der Waals surface area contributed by atoms with Crippen LogP contribution in [0.4, 0.5) is 0 Å². The first-order chi connectivity index (χ1) is 10.5. The van der Waals surface area contributed by atoms with Crippen LogP contribution < -0.4 is 11.1 Å². The number of rotatable bonds is 5. The topological polar surface area (TPSA) is 80.9 Å². The van der Waals surface area contributed by atoms with Crippen molar-refractivity contribution < 1.29 is 4.79 Å². The summed E-state index contributed by atoms with van der Waals surface area (Å²) in [6, 6.07) is -0.0127. The van der Waals surface area contributed by atoms with Crippen LogP contribution in [-0.2, 0) is 0 Å². The molecule has 1 heterocycles. The molecule has 0 aromatic carbocycles. The predicted octanol–water partition coefficient (Wildman–Crippen LogP) is 2.89. The van der Waals surface area contributed by atoms with Crippen LogP contribution in [-0.4, -0.2) is 28.5 Å². The van der Waals surface area contributed by atoms with Crippen molar-refractivity contribution in [2.45, 2.75) is 57.9 Å². The second-order valence-electron chi connectivity index (χ2n) is 6.29. The number of nitrogens with two attached hydrogens (primary N) is 1. The van der Waals surface area contributed by atoms with Gasteiger partial charge in [0.15, 0.2) is 0 Å². The van der Waals surface area contributed by atoms with Crippen LogP contribution in [0.3, 0.4) is 0 Å². The van der Waals surface area contributed by atoms with Gasteiger partial charge in [-0.05, 0) is 18.8 Å². The minimum atomic E-state index is -0.254. The average Bonchev–Trinajstić information content (AvgIpc) is 2.53. The molecule has 1 unspecified atom stereocenters. The van der Waals surface area contributed by atoms with E-state index in [1.165, 1.54) is 25.5 Å². The molecule has 1 aliphatic rings. The molecule has 0 saturated heterocycles. The van der Waals surface area contributed by atoms with Crippen molar-refractivity contribution in [3.8, 4) is 0 Å². The van der Waals surface area contributed by atoms with Gasteiger partial charge in [-0.3, -0.25) is 4.79 Å². The van der Waals surface area contributed by atoms with Crippen molar-refractivity contribution >= 4 is 17.5 Å². The van der Waals surface area contributed by atoms with E-state index in [2.05, 4.69) is 15.3 Å². The molecule has 1 saturated carbocycles. The van der Waals surface area contributed by atoms with Gasteiger partial charge in [-0.1, -0.05) is 44.7 Å². The largest absolute Gasteiger partial charge is 0.346 e. The number of hydrogen-bond acceptors (Lipinski definition) is 4. The maximum absolute atomic E-state index is 12.5. The number of aromatic nitrogens is 2. The van der Waals surface area contributed by atoms with Crippen LogP contribution >= 0.6 is 11.6 Å². The van der Waals surface area contributed by atoms with Crippen LogP contribution in [0.2, 0.25) is 5.02 Å². The van der Waals surface area contributed by atoms with Crippen LogP contribution in [0.15, 0.2) is 6.20 Å². The molecule has 1 atom stereocenters. The summed E-state index contributed by atoms with van der Waals surface area (Å²) in [5, 5.41) is 3.30. The lowest BCUT2D eigenvalue weighted by Crippen LogP contribution is -2.46. The van der Waals surface area contributed by atoms with Gasteiger partial charge in [-0.15, -0.1) is 0 Å². The third-order valence-electron chi connectivity index (χ3n) is 4.28. The predicted molar refractivity (Wildman–Crippen MR) is 88.0 cm³/mol. The maximum Gasteiger partial charge on any atom is 0.271 e. The number of hydrogen-bond donors (Lipinski definition) is 2. The Bertz CT molecular complexity index is 515. The Labute approximate surface area is 137 Å². The summed E-state index contributed by atoms with van der Waals surface area (Å²) in [5.74, 6) is 0.965. The minimum absolute atomic E-state index is 0.0127. The van der Waals surface area contributed by atoms with Gasteiger partial charge >= 0.3 is 0 Å². The van der Waals surface area contributed by atoms with Crippen molar-refractivity contribution in [2.75, 3.05) is 6.54 Å². The van der Waals surface area contributed by atoms with E-state index in [1.807, 2.05) is 13.8 Å². The molecule has 1 amide bonds. The molecule has 122 valence electrons. The lowest BCUT2D eigenvalue weighted by atomic mass is 9.84. The van der Waals surface area contributed by atoms with Gasteiger partial charge < -0.3 is 11.1 Å². The van der Waals surface area contributed by atoms with Crippen molar-refractivity contribution in [3.63, 3.8) is 0 Å². The number of carbonyl (C=O) groups excluding carboxylic acids is 1. The fraction of sp³-hybridized carbons (Fsp3) is 0.688. The fourth-order valence-corrected chi connectivity index (χ4v) is 3.14. The first-order valence-electron chi connectivity index (χ1n) is 8.06. The highest BCUT2D eigenvalue weighted by Gasteiger charge is 2.26. The molecule has 1 aliphatic carbocycles. The molecule has 1 fully saturated rings. The molecule has 2 rings (SSSR count). The van der Waals surface area contributed by atoms with Gasteiger partial charge in [0, 0.05) is 18.5 Å². The highest BCUT2D eigenvalue weighted by atomic mass is 35.5. The quantitative estimate of drug-likeness (QED) is 0.872. The monoisotopic (exact) mass is 324 g/mol. The first kappa shape index (κ1) is 17.2. The molecule has 6 heteroatoms. The van der Waals surface area contributed by atoms with E-state index < -0.39 is 0 Å². The van der Waals surface area contributed by atoms with Crippen LogP contribution in [0.5, 0.6) is 0 Å². The Balaban J connectivity index is 2.11. The summed E-state index contributed by atoms with van der Waals surface area (Å²) in [6.45, 7) is 4.40. The summed E-state index contributed by atoms with van der Waals surface area (Å²) in [4.78, 5) is 21.0. The summed E-state index contributed by atoms with van der Waals surface area (Å²) >= 11 is 6.09. The van der Waals surface area contributed by atoms with E-state index in [9.17, 15) is 4.79 Å². The van der Waals surface area contributed by atoms with Gasteiger partial charge in [0.1, 0.15) is 11.5 Å². The molecular formula is C16H25ClN4O. The Morgan fingerprint density at radius 3 is 2.68 bits per heavy atom. The molecular weight excluding hydrogens is 300 g/mol. The number of nitrogens with zero attached hydrogens (tertiary/aromatic N) is 2. The smallest absolute Gasteiger partial charge is 0.271 e. The van der Waals surface area contributed by atoms with E-state index in [-0.39, 0.29) is 28.6 Å². The van der Waals surface area contributed by atoms with Crippen LogP contribution in [0.1, 0.15) is 68.2 Å². The summed E-state index contributed by atoms with van der Waals surface area (Å²) in [7, 11) is 0. The molecule has 22 heavy (non-hydrogen) atoms. The van der Waals surface area contributed by atoms with Crippen LogP contribution in [0, 0.1) is 5.92 Å². The zero-order chi connectivity index (χ0) is 16.1. The standard InChI is InChI=1S/C16H25ClN4O/c1-10(2)15-19-9-12(17)14(21-15)16(22)20-13(8-18)11-6-4-3-5-7-11/h9-11,13H,3-8,18H2,1-2H3,(H,20,22). The van der Waals surface area contributed by atoms with E-state index in [4.69, 9.17) is 17.3 Å². The number of carbonyl (C=O) groups is 1. The minimum Gasteiger partial charge on any atom is -0.346 e. The third-order valence-corrected chi connectivity index (χ3v) is 4.56. The highest BCUT2D eigenvalue weighted by Crippen LogP contribution is 2.26. The molecule has 0 bridgehead atoms. The zero-order valence-corrected chi connectivity index (χ0v) is 14.1. The molecule has 0 spiro atoms. The number of amides is 1.